The number of fused-ring (bicyclic) bond motifs is 1. The van der Waals surface area contributed by atoms with Gasteiger partial charge in [-0.2, -0.15) is 0 Å². The maximum Gasteiger partial charge on any atom is 0.220 e. The third-order valence-electron chi connectivity index (χ3n) is 5.89. The number of amides is 1. The van der Waals surface area contributed by atoms with E-state index in [4.69, 9.17) is 4.74 Å². The molecular formula is C23H27NO3. The zero-order valence-corrected chi connectivity index (χ0v) is 15.8. The number of hydrogen-bond donors (Lipinski definition) is 2. The van der Waals surface area contributed by atoms with Gasteiger partial charge in [0.1, 0.15) is 5.75 Å². The van der Waals surface area contributed by atoms with Crippen molar-refractivity contribution in [3.63, 3.8) is 0 Å². The second-order valence-corrected chi connectivity index (χ2v) is 7.82. The number of aryl methyl sites for hydroxylation is 2. The van der Waals surface area contributed by atoms with Crippen LogP contribution in [0.25, 0.3) is 0 Å². The molecule has 1 heterocycles. The van der Waals surface area contributed by atoms with Gasteiger partial charge in [0.2, 0.25) is 5.91 Å². The van der Waals surface area contributed by atoms with Crippen LogP contribution in [-0.4, -0.2) is 23.7 Å². The maximum atomic E-state index is 12.7. The van der Waals surface area contributed by atoms with Gasteiger partial charge in [0.25, 0.3) is 0 Å². The van der Waals surface area contributed by atoms with Gasteiger partial charge in [-0.05, 0) is 66.5 Å². The first kappa shape index (κ1) is 18.1. The fraction of sp³-hybridized carbons (Fsp3) is 0.435. The van der Waals surface area contributed by atoms with Crippen LogP contribution in [0.2, 0.25) is 0 Å². The Hall–Kier alpha value is -2.33. The lowest BCUT2D eigenvalue weighted by Gasteiger charge is -2.38. The van der Waals surface area contributed by atoms with Crippen LogP contribution >= 0.6 is 0 Å². The smallest absolute Gasteiger partial charge is 0.220 e. The summed E-state index contributed by atoms with van der Waals surface area (Å²) in [6, 6.07) is 14.4. The number of carbonyl (C=O) groups excluding carboxylic acids is 1. The van der Waals surface area contributed by atoms with Crippen molar-refractivity contribution in [2.75, 3.05) is 6.61 Å². The van der Waals surface area contributed by atoms with E-state index in [-0.39, 0.29) is 18.1 Å². The Morgan fingerprint density at radius 2 is 2.07 bits per heavy atom. The molecule has 1 aliphatic carbocycles. The Morgan fingerprint density at radius 3 is 2.85 bits per heavy atom. The van der Waals surface area contributed by atoms with Crippen molar-refractivity contribution in [1.82, 2.24) is 5.32 Å². The van der Waals surface area contributed by atoms with E-state index in [9.17, 15) is 9.90 Å². The van der Waals surface area contributed by atoms with E-state index in [0.717, 1.165) is 43.6 Å². The molecule has 0 aromatic heterocycles. The van der Waals surface area contributed by atoms with Crippen LogP contribution in [0.4, 0.5) is 0 Å². The molecule has 4 rings (SSSR count). The molecule has 1 atom stereocenters. The maximum absolute atomic E-state index is 12.7. The van der Waals surface area contributed by atoms with Gasteiger partial charge >= 0.3 is 0 Å². The van der Waals surface area contributed by atoms with Crippen LogP contribution in [0.3, 0.4) is 0 Å². The minimum absolute atomic E-state index is 0.0383. The average molecular weight is 365 g/mol. The van der Waals surface area contributed by atoms with E-state index >= 15 is 0 Å². The summed E-state index contributed by atoms with van der Waals surface area (Å²) in [6.07, 6.45) is 3.40. The predicted octanol–water partition coefficient (Wildman–Crippen LogP) is 3.49. The third-order valence-corrected chi connectivity index (χ3v) is 5.89. The summed E-state index contributed by atoms with van der Waals surface area (Å²) in [7, 11) is 0. The lowest BCUT2D eigenvalue weighted by atomic mass is 9.74. The van der Waals surface area contributed by atoms with E-state index in [2.05, 4.69) is 36.5 Å². The number of nitrogens with one attached hydrogen (secondary N) is 1. The van der Waals surface area contributed by atoms with Gasteiger partial charge in [-0.15, -0.1) is 0 Å². The lowest BCUT2D eigenvalue weighted by Crippen LogP contribution is -2.41. The molecule has 4 nitrogen and oxygen atoms in total. The van der Waals surface area contributed by atoms with Crippen molar-refractivity contribution >= 4 is 5.91 Å². The highest BCUT2D eigenvalue weighted by atomic mass is 16.5. The first-order valence-corrected chi connectivity index (χ1v) is 9.87. The molecule has 4 heteroatoms. The van der Waals surface area contributed by atoms with Crippen molar-refractivity contribution in [3.8, 4) is 5.75 Å². The first-order chi connectivity index (χ1) is 13.1. The molecular weight excluding hydrogens is 338 g/mol. The van der Waals surface area contributed by atoms with Gasteiger partial charge in [0.15, 0.2) is 0 Å². The number of hydrogen-bond acceptors (Lipinski definition) is 3. The molecule has 1 saturated carbocycles. The number of carbonyl (C=O) groups is 1. The Morgan fingerprint density at radius 1 is 1.26 bits per heavy atom. The van der Waals surface area contributed by atoms with Crippen molar-refractivity contribution in [3.05, 3.63) is 64.7 Å². The van der Waals surface area contributed by atoms with E-state index in [0.29, 0.717) is 12.3 Å². The Balaban J connectivity index is 1.45. The highest BCUT2D eigenvalue weighted by Gasteiger charge is 2.36. The summed E-state index contributed by atoms with van der Waals surface area (Å²) in [4.78, 5) is 12.7. The molecule has 0 bridgehead atoms. The van der Waals surface area contributed by atoms with Crippen molar-refractivity contribution in [2.45, 2.75) is 51.2 Å². The van der Waals surface area contributed by atoms with Gasteiger partial charge in [-0.3, -0.25) is 4.79 Å². The minimum Gasteiger partial charge on any atom is -0.493 e. The van der Waals surface area contributed by atoms with Crippen molar-refractivity contribution in [1.29, 1.82) is 0 Å². The standard InChI is InChI=1S/C23H27NO3/c1-15-4-2-3-5-16(15)7-9-22(26)24-23(19-13-20(25)14-19)18-6-8-21-17(12-18)10-11-27-21/h2-6,8,12,19-20,23,25H,7,9-11,13-14H2,1H3,(H,24,26)/t19?,20?,23-/m1/s1. The Kier molecular flexibility index (Phi) is 5.17. The lowest BCUT2D eigenvalue weighted by molar-refractivity contribution is -0.123. The number of rotatable bonds is 6. The van der Waals surface area contributed by atoms with Crippen LogP contribution in [0.5, 0.6) is 5.75 Å². The normalized spacial score (nSPS) is 21.7. The second-order valence-electron chi connectivity index (χ2n) is 7.82. The first-order valence-electron chi connectivity index (χ1n) is 9.87. The zero-order valence-electron chi connectivity index (χ0n) is 15.8. The van der Waals surface area contributed by atoms with Gasteiger partial charge < -0.3 is 15.2 Å². The van der Waals surface area contributed by atoms with Crippen LogP contribution < -0.4 is 10.1 Å². The summed E-state index contributed by atoms with van der Waals surface area (Å²) in [5.41, 5.74) is 4.78. The molecule has 0 radical (unpaired) electrons. The number of aliphatic hydroxyl groups is 1. The molecule has 2 aromatic rings. The van der Waals surface area contributed by atoms with Gasteiger partial charge in [-0.1, -0.05) is 30.3 Å². The third kappa shape index (κ3) is 4.01. The highest BCUT2D eigenvalue weighted by Crippen LogP contribution is 2.39. The average Bonchev–Trinajstić information content (AvgIpc) is 3.11. The molecule has 1 aliphatic heterocycles. The van der Waals surface area contributed by atoms with E-state index in [1.54, 1.807) is 0 Å². The zero-order chi connectivity index (χ0) is 18.8. The van der Waals surface area contributed by atoms with Crippen molar-refractivity contribution < 1.29 is 14.6 Å². The molecule has 0 unspecified atom stereocenters. The largest absolute Gasteiger partial charge is 0.493 e. The van der Waals surface area contributed by atoms with E-state index < -0.39 is 0 Å². The summed E-state index contributed by atoms with van der Waals surface area (Å²) >= 11 is 0. The quantitative estimate of drug-likeness (QED) is 0.824. The molecule has 1 amide bonds. The highest BCUT2D eigenvalue weighted by molar-refractivity contribution is 5.77. The molecule has 27 heavy (non-hydrogen) atoms. The summed E-state index contributed by atoms with van der Waals surface area (Å²) in [5.74, 6) is 1.32. The Bertz CT molecular complexity index is 826. The molecule has 0 spiro atoms. The van der Waals surface area contributed by atoms with Gasteiger partial charge in [0.05, 0.1) is 18.8 Å². The van der Waals surface area contributed by atoms with Crippen LogP contribution in [-0.2, 0) is 17.6 Å². The SMILES string of the molecule is Cc1ccccc1CCC(=O)N[C@H](c1ccc2c(c1)CCO2)C1CC(O)C1. The molecule has 2 aromatic carbocycles. The van der Waals surface area contributed by atoms with Crippen LogP contribution in [0.15, 0.2) is 42.5 Å². The summed E-state index contributed by atoms with van der Waals surface area (Å²) < 4.78 is 5.60. The second kappa shape index (κ2) is 7.73. The van der Waals surface area contributed by atoms with E-state index in [1.807, 2.05) is 18.2 Å². The van der Waals surface area contributed by atoms with Crippen molar-refractivity contribution in [2.24, 2.45) is 5.92 Å². The molecule has 2 N–H and O–H groups in total. The predicted molar refractivity (Wildman–Crippen MR) is 105 cm³/mol. The minimum atomic E-state index is -0.237. The molecule has 2 aliphatic rings. The molecule has 1 fully saturated rings. The molecule has 142 valence electrons. The van der Waals surface area contributed by atoms with Gasteiger partial charge in [0, 0.05) is 12.8 Å². The molecule has 0 saturated heterocycles. The fourth-order valence-corrected chi connectivity index (χ4v) is 4.16. The van der Waals surface area contributed by atoms with Crippen LogP contribution in [0, 0.1) is 12.8 Å². The van der Waals surface area contributed by atoms with Crippen LogP contribution in [0.1, 0.15) is 47.6 Å². The fourth-order valence-electron chi connectivity index (χ4n) is 4.16. The van der Waals surface area contributed by atoms with E-state index in [1.165, 1.54) is 16.7 Å². The summed E-state index contributed by atoms with van der Waals surface area (Å²) in [6.45, 7) is 2.81. The number of aliphatic hydroxyl groups excluding tert-OH is 1. The van der Waals surface area contributed by atoms with Gasteiger partial charge in [-0.25, -0.2) is 0 Å². The monoisotopic (exact) mass is 365 g/mol. The Labute approximate surface area is 160 Å². The number of benzene rings is 2. The topological polar surface area (TPSA) is 58.6 Å². The summed E-state index contributed by atoms with van der Waals surface area (Å²) in [5, 5.41) is 13.0. The number of ether oxygens (including phenoxy) is 1.